The number of nitrogens with zero attached hydrogens (tertiary/aromatic N) is 2. The van der Waals surface area contributed by atoms with Gasteiger partial charge in [0.15, 0.2) is 0 Å². The van der Waals surface area contributed by atoms with Gasteiger partial charge in [0.1, 0.15) is 24.2 Å². The van der Waals surface area contributed by atoms with Crippen LogP contribution in [0.3, 0.4) is 0 Å². The molecule has 6 amide bonds. The number of anilines is 1. The maximum absolute atomic E-state index is 13.5. The van der Waals surface area contributed by atoms with Crippen molar-refractivity contribution in [2.45, 2.75) is 88.4 Å². The number of likely N-dealkylation sites (tertiary alicyclic amines) is 2. The first-order valence-corrected chi connectivity index (χ1v) is 18.7. The van der Waals surface area contributed by atoms with Crippen molar-refractivity contribution >= 4 is 65.4 Å². The molecule has 2 saturated heterocycles. The van der Waals surface area contributed by atoms with Gasteiger partial charge in [-0.25, -0.2) is 28.8 Å². The van der Waals surface area contributed by atoms with Crippen molar-refractivity contribution in [3.63, 3.8) is 0 Å². The summed E-state index contributed by atoms with van der Waals surface area (Å²) >= 11 is 0. The second-order valence-corrected chi connectivity index (χ2v) is 14.4. The topological polar surface area (TPSA) is 373 Å². The number of piperidine rings is 2. The van der Waals surface area contributed by atoms with Crippen molar-refractivity contribution in [3.05, 3.63) is 29.3 Å². The number of nitrogen functional groups attached to an aromatic ring is 1. The van der Waals surface area contributed by atoms with Crippen LogP contribution in [-0.4, -0.2) is 150 Å². The predicted octanol–water partition coefficient (Wildman–Crippen LogP) is -0.106. The highest BCUT2D eigenvalue weighted by atomic mass is 16.4. The van der Waals surface area contributed by atoms with Crippen LogP contribution in [0, 0.1) is 11.8 Å². The highest BCUT2D eigenvalue weighted by molar-refractivity contribution is 6.01. The Morgan fingerprint density at radius 3 is 1.12 bits per heavy atom. The van der Waals surface area contributed by atoms with Gasteiger partial charge in [-0.2, -0.15) is 0 Å². The summed E-state index contributed by atoms with van der Waals surface area (Å²) in [4.78, 5) is 123. The number of carbonyl (C=O) groups is 10. The highest BCUT2D eigenvalue weighted by Gasteiger charge is 2.33. The molecule has 0 spiro atoms. The third-order valence-corrected chi connectivity index (χ3v) is 10.1. The van der Waals surface area contributed by atoms with E-state index in [2.05, 4.69) is 21.3 Å². The molecular weight excluding hydrogens is 786 g/mol. The summed E-state index contributed by atoms with van der Waals surface area (Å²) in [6, 6.07) is -3.84. The minimum absolute atomic E-state index is 0.0303. The van der Waals surface area contributed by atoms with Gasteiger partial charge in [0.25, 0.3) is 11.8 Å². The SMILES string of the molecule is Nc1cc(C(=O)N2CCC(C[C@H](NC(=O)N[C@@H](CCC(=O)O)C(=O)O)C(=O)O)CC2)cc(C(=O)N2CCC(C[C@@H](NC(=O)N[C@H](CCC(=O)O)C(=O)O)C(=O)O)CC2)c1. The predicted molar refractivity (Wildman–Crippen MR) is 200 cm³/mol. The van der Waals surface area contributed by atoms with Gasteiger partial charge in [-0.05, 0) is 81.4 Å². The van der Waals surface area contributed by atoms with Crippen LogP contribution in [0.2, 0.25) is 0 Å². The number of hydrogen-bond donors (Lipinski definition) is 11. The van der Waals surface area contributed by atoms with Crippen LogP contribution < -0.4 is 27.0 Å². The van der Waals surface area contributed by atoms with Crippen LogP contribution in [-0.2, 0) is 28.8 Å². The highest BCUT2D eigenvalue weighted by Crippen LogP contribution is 2.27. The van der Waals surface area contributed by atoms with E-state index in [1.165, 1.54) is 28.0 Å². The second-order valence-electron chi connectivity index (χ2n) is 14.4. The molecule has 324 valence electrons. The fourth-order valence-electron chi connectivity index (χ4n) is 6.88. The summed E-state index contributed by atoms with van der Waals surface area (Å²) in [5, 5.41) is 64.1. The van der Waals surface area contributed by atoms with Crippen LogP contribution in [0.15, 0.2) is 18.2 Å². The molecular formula is C36H49N7O16. The second kappa shape index (κ2) is 21.7. The standard InChI is InChI=1S/C36H49N7O16/c37-22-16-20(29(48)42-9-5-18(6-10-42)13-25(33(54)55)40-35(58)38-23(31(50)51)1-3-27(44)45)15-21(17-22)30(49)43-11-7-19(8-12-43)14-26(34(56)57)41-36(59)39-24(32(52)53)2-4-28(46)47/h15-19,23-26H,1-14,37H2,(H,44,45)(H,46,47)(H,50,51)(H,52,53)(H,54,55)(H,56,57)(H2,38,40,58)(H2,39,41,59)/t23-,24+,25-,26+. The monoisotopic (exact) mass is 835 g/mol. The Hall–Kier alpha value is -6.68. The van der Waals surface area contributed by atoms with E-state index < -0.39 is 110 Å². The molecule has 2 aliphatic heterocycles. The number of urea groups is 2. The van der Waals surface area contributed by atoms with Gasteiger partial charge in [-0.15, -0.1) is 0 Å². The number of carboxylic acid groups (broad SMARTS) is 6. The number of rotatable bonds is 20. The fourth-order valence-corrected chi connectivity index (χ4v) is 6.88. The molecule has 2 aliphatic rings. The molecule has 1 aromatic carbocycles. The maximum atomic E-state index is 13.5. The summed E-state index contributed by atoms with van der Waals surface area (Å²) in [7, 11) is 0. The van der Waals surface area contributed by atoms with Gasteiger partial charge < -0.3 is 67.4 Å². The minimum Gasteiger partial charge on any atom is -0.481 e. The Bertz CT molecular complexity index is 1650. The zero-order valence-electron chi connectivity index (χ0n) is 31.8. The van der Waals surface area contributed by atoms with Crippen molar-refractivity contribution in [2.75, 3.05) is 31.9 Å². The first-order chi connectivity index (χ1) is 27.7. The van der Waals surface area contributed by atoms with Gasteiger partial charge in [-0.3, -0.25) is 19.2 Å². The van der Waals surface area contributed by atoms with Crippen molar-refractivity contribution in [3.8, 4) is 0 Å². The lowest BCUT2D eigenvalue weighted by Gasteiger charge is -2.34. The molecule has 0 bridgehead atoms. The Kier molecular flexibility index (Phi) is 17.2. The first kappa shape index (κ1) is 46.7. The molecule has 4 atom stereocenters. The number of aliphatic carboxylic acids is 6. The van der Waals surface area contributed by atoms with Gasteiger partial charge >= 0.3 is 47.9 Å². The third-order valence-electron chi connectivity index (χ3n) is 10.1. The molecule has 0 unspecified atom stereocenters. The van der Waals surface area contributed by atoms with Crippen molar-refractivity contribution in [1.29, 1.82) is 0 Å². The molecule has 0 saturated carbocycles. The third kappa shape index (κ3) is 15.0. The van der Waals surface area contributed by atoms with E-state index >= 15 is 0 Å². The van der Waals surface area contributed by atoms with Crippen LogP contribution in [0.1, 0.15) is 84.9 Å². The molecule has 12 N–H and O–H groups in total. The lowest BCUT2D eigenvalue weighted by molar-refractivity contribution is -0.142. The number of benzene rings is 1. The number of nitrogens with two attached hydrogens (primary N) is 1. The van der Waals surface area contributed by atoms with Gasteiger partial charge in [0.2, 0.25) is 0 Å². The average molecular weight is 836 g/mol. The van der Waals surface area contributed by atoms with Gasteiger partial charge in [-0.1, -0.05) is 0 Å². The number of carboxylic acids is 6. The van der Waals surface area contributed by atoms with Crippen LogP contribution in [0.5, 0.6) is 0 Å². The van der Waals surface area contributed by atoms with E-state index in [9.17, 15) is 68.4 Å². The Morgan fingerprint density at radius 2 is 0.831 bits per heavy atom. The largest absolute Gasteiger partial charge is 0.481 e. The zero-order chi connectivity index (χ0) is 44.0. The van der Waals surface area contributed by atoms with E-state index in [-0.39, 0.29) is 67.7 Å². The van der Waals surface area contributed by atoms with Crippen molar-refractivity contribution in [2.24, 2.45) is 11.8 Å². The van der Waals surface area contributed by atoms with Crippen molar-refractivity contribution in [1.82, 2.24) is 31.1 Å². The Morgan fingerprint density at radius 1 is 0.525 bits per heavy atom. The zero-order valence-corrected chi connectivity index (χ0v) is 31.8. The number of carbonyl (C=O) groups excluding carboxylic acids is 4. The van der Waals surface area contributed by atoms with Crippen LogP contribution in [0.4, 0.5) is 15.3 Å². The molecule has 23 nitrogen and oxygen atoms in total. The smallest absolute Gasteiger partial charge is 0.326 e. The molecule has 2 heterocycles. The molecule has 1 aromatic rings. The normalized spacial score (nSPS) is 16.7. The lowest BCUT2D eigenvalue weighted by atomic mass is 9.89. The summed E-state index contributed by atoms with van der Waals surface area (Å²) in [6.07, 6.45) is -0.518. The number of nitrogens with one attached hydrogen (secondary N) is 4. The summed E-state index contributed by atoms with van der Waals surface area (Å²) in [6.45, 7) is 0.844. The van der Waals surface area contributed by atoms with Crippen LogP contribution >= 0.6 is 0 Å². The maximum Gasteiger partial charge on any atom is 0.326 e. The summed E-state index contributed by atoms with van der Waals surface area (Å²) < 4.78 is 0. The van der Waals surface area contributed by atoms with Crippen molar-refractivity contribution < 1.29 is 78.6 Å². The molecule has 23 heteroatoms. The molecule has 0 aromatic heterocycles. The molecule has 0 aliphatic carbocycles. The number of amides is 6. The quantitative estimate of drug-likeness (QED) is 0.0764. The van der Waals surface area contributed by atoms with Crippen LogP contribution in [0.25, 0.3) is 0 Å². The lowest BCUT2D eigenvalue weighted by Crippen LogP contribution is -2.52. The van der Waals surface area contributed by atoms with Gasteiger partial charge in [0.05, 0.1) is 0 Å². The Balaban J connectivity index is 1.53. The summed E-state index contributed by atoms with van der Waals surface area (Å²) in [5.74, 6) is -9.60. The van der Waals surface area contributed by atoms with E-state index in [0.29, 0.717) is 25.7 Å². The number of hydrogen-bond acceptors (Lipinski definition) is 11. The average Bonchev–Trinajstić information content (AvgIpc) is 3.16. The Labute approximate surface area is 336 Å². The molecule has 59 heavy (non-hydrogen) atoms. The summed E-state index contributed by atoms with van der Waals surface area (Å²) in [5.41, 5.74) is 6.51. The molecule has 2 fully saturated rings. The fraction of sp³-hybridized carbons (Fsp3) is 0.556. The van der Waals surface area contributed by atoms with E-state index in [0.717, 1.165) is 0 Å². The van der Waals surface area contributed by atoms with E-state index in [4.69, 9.17) is 15.9 Å². The van der Waals surface area contributed by atoms with E-state index in [1.807, 2.05) is 0 Å². The first-order valence-electron chi connectivity index (χ1n) is 18.7. The minimum atomic E-state index is -1.55. The molecule has 3 rings (SSSR count). The van der Waals surface area contributed by atoms with Gasteiger partial charge in [0, 0.05) is 55.8 Å². The van der Waals surface area contributed by atoms with E-state index in [1.54, 1.807) is 0 Å². The molecule has 0 radical (unpaired) electrons.